The Kier molecular flexibility index (Phi) is 5.20. The zero-order valence-corrected chi connectivity index (χ0v) is 13.7. The largest absolute Gasteiger partial charge is 0.377 e. The van der Waals surface area contributed by atoms with Gasteiger partial charge in [0.25, 0.3) is 0 Å². The average molecular weight is 332 g/mol. The number of hydrogen-bond acceptors (Lipinski definition) is 4. The van der Waals surface area contributed by atoms with Crippen LogP contribution in [0.4, 0.5) is 4.39 Å². The summed E-state index contributed by atoms with van der Waals surface area (Å²) in [6, 6.07) is 6.22. The van der Waals surface area contributed by atoms with E-state index in [9.17, 15) is 9.18 Å². The zero-order valence-electron chi connectivity index (χ0n) is 13.7. The first-order chi connectivity index (χ1) is 11.7. The van der Waals surface area contributed by atoms with Crippen molar-refractivity contribution in [3.8, 4) is 0 Å². The van der Waals surface area contributed by atoms with E-state index in [1.807, 2.05) is 0 Å². The molecule has 0 aliphatic carbocycles. The summed E-state index contributed by atoms with van der Waals surface area (Å²) in [5.41, 5.74) is 0.418. The van der Waals surface area contributed by atoms with E-state index in [-0.39, 0.29) is 24.2 Å². The number of aromatic nitrogens is 3. The van der Waals surface area contributed by atoms with Gasteiger partial charge in [-0.05, 0) is 30.9 Å². The van der Waals surface area contributed by atoms with Crippen molar-refractivity contribution in [3.05, 3.63) is 47.3 Å². The maximum Gasteiger partial charge on any atom is 0.227 e. The minimum atomic E-state index is -0.348. The molecule has 128 valence electrons. The number of halogens is 1. The summed E-state index contributed by atoms with van der Waals surface area (Å²) in [4.78, 5) is 18.9. The number of likely N-dealkylation sites (tertiary alicyclic amines) is 1. The van der Waals surface area contributed by atoms with Gasteiger partial charge in [0.15, 0.2) is 11.6 Å². The molecule has 1 aliphatic heterocycles. The van der Waals surface area contributed by atoms with E-state index >= 15 is 0 Å². The number of carbonyl (C=O) groups excluding carboxylic acids is 1. The molecule has 7 heteroatoms. The van der Waals surface area contributed by atoms with Gasteiger partial charge in [0.2, 0.25) is 5.91 Å². The molecule has 1 atom stereocenters. The third-order valence-electron chi connectivity index (χ3n) is 4.25. The van der Waals surface area contributed by atoms with Crippen LogP contribution in [0.5, 0.6) is 0 Å². The molecular weight excluding hydrogens is 311 g/mol. The monoisotopic (exact) mass is 332 g/mol. The molecule has 6 nitrogen and oxygen atoms in total. The molecular formula is C17H21FN4O2. The van der Waals surface area contributed by atoms with E-state index in [0.717, 1.165) is 19.3 Å². The fourth-order valence-electron chi connectivity index (χ4n) is 3.07. The van der Waals surface area contributed by atoms with Crippen LogP contribution in [0.2, 0.25) is 0 Å². The number of nitrogens with zero attached hydrogens (tertiary/aromatic N) is 3. The van der Waals surface area contributed by atoms with Crippen molar-refractivity contribution in [1.82, 2.24) is 20.1 Å². The van der Waals surface area contributed by atoms with Crippen LogP contribution in [-0.2, 0) is 22.6 Å². The molecule has 1 N–H and O–H groups in total. The highest BCUT2D eigenvalue weighted by atomic mass is 19.1. The highest BCUT2D eigenvalue weighted by molar-refractivity contribution is 5.79. The number of nitrogens with one attached hydrogen (secondary N) is 1. The number of piperidine rings is 1. The molecule has 0 bridgehead atoms. The summed E-state index contributed by atoms with van der Waals surface area (Å²) >= 11 is 0. The highest BCUT2D eigenvalue weighted by Crippen LogP contribution is 2.29. The fraction of sp³-hybridized carbons (Fsp3) is 0.471. The lowest BCUT2D eigenvalue weighted by Crippen LogP contribution is -2.40. The molecule has 24 heavy (non-hydrogen) atoms. The molecule has 1 aromatic carbocycles. The molecule has 0 unspecified atom stereocenters. The van der Waals surface area contributed by atoms with Crippen molar-refractivity contribution in [3.63, 3.8) is 0 Å². The van der Waals surface area contributed by atoms with Gasteiger partial charge in [-0.3, -0.25) is 9.89 Å². The van der Waals surface area contributed by atoms with Gasteiger partial charge in [-0.15, -0.1) is 0 Å². The molecule has 0 radical (unpaired) electrons. The predicted octanol–water partition coefficient (Wildman–Crippen LogP) is 2.39. The number of aromatic amines is 1. The Morgan fingerprint density at radius 3 is 3.04 bits per heavy atom. The number of rotatable bonds is 5. The summed E-state index contributed by atoms with van der Waals surface area (Å²) in [5, 5.41) is 7.07. The SMILES string of the molecule is COCc1nc([C@H]2CCCCN2C(=O)Cc2ccccc2F)n[nH]1. The first kappa shape index (κ1) is 16.6. The van der Waals surface area contributed by atoms with E-state index in [1.54, 1.807) is 30.2 Å². The summed E-state index contributed by atoms with van der Waals surface area (Å²) in [7, 11) is 1.59. The Hall–Kier alpha value is -2.28. The number of benzene rings is 1. The molecule has 2 heterocycles. The smallest absolute Gasteiger partial charge is 0.227 e. The number of hydrogen-bond donors (Lipinski definition) is 1. The van der Waals surface area contributed by atoms with Crippen LogP contribution in [0, 0.1) is 5.82 Å². The van der Waals surface area contributed by atoms with Crippen LogP contribution >= 0.6 is 0 Å². The van der Waals surface area contributed by atoms with Crippen LogP contribution in [0.15, 0.2) is 24.3 Å². The third-order valence-corrected chi connectivity index (χ3v) is 4.25. The quantitative estimate of drug-likeness (QED) is 0.912. The Morgan fingerprint density at radius 1 is 1.42 bits per heavy atom. The Morgan fingerprint density at radius 2 is 2.25 bits per heavy atom. The number of carbonyl (C=O) groups is 1. The van der Waals surface area contributed by atoms with Gasteiger partial charge in [0.05, 0.1) is 12.5 Å². The van der Waals surface area contributed by atoms with E-state index in [4.69, 9.17) is 4.74 Å². The van der Waals surface area contributed by atoms with Crippen molar-refractivity contribution in [2.75, 3.05) is 13.7 Å². The second kappa shape index (κ2) is 7.53. The van der Waals surface area contributed by atoms with Crippen LogP contribution in [0.25, 0.3) is 0 Å². The highest BCUT2D eigenvalue weighted by Gasteiger charge is 2.31. The fourth-order valence-corrected chi connectivity index (χ4v) is 3.07. The van der Waals surface area contributed by atoms with Gasteiger partial charge < -0.3 is 9.64 Å². The molecule has 1 amide bonds. The second-order valence-electron chi connectivity index (χ2n) is 5.94. The Bertz CT molecular complexity index is 703. The van der Waals surface area contributed by atoms with E-state index in [0.29, 0.717) is 30.4 Å². The topological polar surface area (TPSA) is 71.1 Å². The zero-order chi connectivity index (χ0) is 16.9. The average Bonchev–Trinajstić information content (AvgIpc) is 3.06. The van der Waals surface area contributed by atoms with Crippen molar-refractivity contribution >= 4 is 5.91 Å². The number of amides is 1. The molecule has 0 saturated carbocycles. The normalized spacial score (nSPS) is 17.9. The lowest BCUT2D eigenvalue weighted by Gasteiger charge is -2.34. The Labute approximate surface area is 140 Å². The van der Waals surface area contributed by atoms with Crippen LogP contribution in [0.3, 0.4) is 0 Å². The lowest BCUT2D eigenvalue weighted by molar-refractivity contribution is -0.134. The van der Waals surface area contributed by atoms with Crippen LogP contribution in [0.1, 0.15) is 42.5 Å². The minimum Gasteiger partial charge on any atom is -0.377 e. The first-order valence-corrected chi connectivity index (χ1v) is 8.12. The molecule has 1 saturated heterocycles. The maximum absolute atomic E-state index is 13.8. The number of methoxy groups -OCH3 is 1. The molecule has 3 rings (SSSR count). The van der Waals surface area contributed by atoms with Crippen molar-refractivity contribution < 1.29 is 13.9 Å². The number of ether oxygens (including phenoxy) is 1. The van der Waals surface area contributed by atoms with Gasteiger partial charge in [0.1, 0.15) is 12.4 Å². The van der Waals surface area contributed by atoms with E-state index < -0.39 is 0 Å². The predicted molar refractivity (Wildman–Crippen MR) is 85.5 cm³/mol. The minimum absolute atomic E-state index is 0.0541. The van der Waals surface area contributed by atoms with Gasteiger partial charge in [-0.2, -0.15) is 5.10 Å². The van der Waals surface area contributed by atoms with E-state index in [1.165, 1.54) is 6.07 Å². The Balaban J connectivity index is 1.76. The van der Waals surface area contributed by atoms with E-state index in [2.05, 4.69) is 15.2 Å². The third kappa shape index (κ3) is 3.62. The summed E-state index contributed by atoms with van der Waals surface area (Å²) in [6.07, 6.45) is 2.82. The van der Waals surface area contributed by atoms with Gasteiger partial charge in [-0.25, -0.2) is 9.37 Å². The molecule has 1 fully saturated rings. The van der Waals surface area contributed by atoms with Gasteiger partial charge >= 0.3 is 0 Å². The van der Waals surface area contributed by atoms with Gasteiger partial charge in [0, 0.05) is 13.7 Å². The standard InChI is InChI=1S/C17H21FN4O2/c1-24-11-15-19-17(21-20-15)14-8-4-5-9-22(14)16(23)10-12-6-2-3-7-13(12)18/h2-3,6-7,14H,4-5,8-11H2,1H3,(H,19,20,21)/t14-/m1/s1. The van der Waals surface area contributed by atoms with Crippen molar-refractivity contribution in [1.29, 1.82) is 0 Å². The summed E-state index contributed by atoms with van der Waals surface area (Å²) in [6.45, 7) is 0.995. The first-order valence-electron chi connectivity index (χ1n) is 8.12. The second-order valence-corrected chi connectivity index (χ2v) is 5.94. The number of H-pyrrole nitrogens is 1. The summed E-state index contributed by atoms with van der Waals surface area (Å²) < 4.78 is 18.9. The van der Waals surface area contributed by atoms with Crippen molar-refractivity contribution in [2.45, 2.75) is 38.3 Å². The van der Waals surface area contributed by atoms with Crippen LogP contribution < -0.4 is 0 Å². The van der Waals surface area contributed by atoms with Gasteiger partial charge in [-0.1, -0.05) is 18.2 Å². The molecule has 1 aliphatic rings. The lowest BCUT2D eigenvalue weighted by atomic mass is 10.00. The van der Waals surface area contributed by atoms with Crippen LogP contribution in [-0.4, -0.2) is 39.6 Å². The summed E-state index contributed by atoms with van der Waals surface area (Å²) in [5.74, 6) is 0.797. The molecule has 1 aromatic heterocycles. The molecule has 2 aromatic rings. The van der Waals surface area contributed by atoms with Crippen molar-refractivity contribution in [2.24, 2.45) is 0 Å². The molecule has 0 spiro atoms. The maximum atomic E-state index is 13.8.